The Bertz CT molecular complexity index is 195. The molecule has 0 amide bonds. The minimum atomic E-state index is -0.886. The zero-order valence-corrected chi connectivity index (χ0v) is 8.27. The Labute approximate surface area is 83.1 Å². The molecule has 5 heteroatoms. The van der Waals surface area contributed by atoms with Crippen molar-refractivity contribution in [3.05, 3.63) is 0 Å². The third-order valence-electron chi connectivity index (χ3n) is 2.19. The first-order valence-electron chi connectivity index (χ1n) is 4.86. The zero-order chi connectivity index (χ0) is 10.6. The van der Waals surface area contributed by atoms with E-state index in [2.05, 4.69) is 5.32 Å². The van der Waals surface area contributed by atoms with Crippen molar-refractivity contribution < 1.29 is 19.7 Å². The van der Waals surface area contributed by atoms with Crippen LogP contribution in [0.5, 0.6) is 0 Å². The first-order chi connectivity index (χ1) is 6.59. The van der Waals surface area contributed by atoms with Crippen molar-refractivity contribution in [2.45, 2.75) is 38.1 Å². The number of aliphatic hydroxyl groups is 1. The third kappa shape index (κ3) is 3.61. The number of ether oxygens (including phenoxy) is 1. The molecule has 0 radical (unpaired) electrons. The van der Waals surface area contributed by atoms with Gasteiger partial charge in [-0.2, -0.15) is 0 Å². The van der Waals surface area contributed by atoms with E-state index in [0.717, 1.165) is 6.42 Å². The molecule has 3 unspecified atom stereocenters. The molecule has 0 aromatic heterocycles. The maximum atomic E-state index is 10.5. The number of carboxylic acid groups (broad SMARTS) is 1. The van der Waals surface area contributed by atoms with E-state index in [0.29, 0.717) is 19.5 Å². The van der Waals surface area contributed by atoms with Crippen molar-refractivity contribution in [1.82, 2.24) is 5.32 Å². The Hall–Kier alpha value is -0.650. The lowest BCUT2D eigenvalue weighted by atomic mass is 10.2. The predicted molar refractivity (Wildman–Crippen MR) is 50.1 cm³/mol. The fraction of sp³-hybridized carbons (Fsp3) is 0.889. The van der Waals surface area contributed by atoms with Gasteiger partial charge in [0.2, 0.25) is 0 Å². The van der Waals surface area contributed by atoms with Crippen LogP contribution < -0.4 is 5.32 Å². The van der Waals surface area contributed by atoms with Crippen LogP contribution in [0.2, 0.25) is 0 Å². The van der Waals surface area contributed by atoms with Gasteiger partial charge in [0.25, 0.3) is 0 Å². The molecule has 0 bridgehead atoms. The lowest BCUT2D eigenvalue weighted by Gasteiger charge is -2.12. The molecule has 0 aromatic carbocycles. The van der Waals surface area contributed by atoms with Gasteiger partial charge in [0.15, 0.2) is 6.10 Å². The number of carboxylic acids is 1. The Morgan fingerprint density at radius 2 is 2.36 bits per heavy atom. The van der Waals surface area contributed by atoms with Crippen molar-refractivity contribution in [2.24, 2.45) is 0 Å². The van der Waals surface area contributed by atoms with E-state index < -0.39 is 12.1 Å². The second kappa shape index (κ2) is 5.29. The zero-order valence-electron chi connectivity index (χ0n) is 8.27. The molecule has 3 atom stereocenters. The molecule has 3 N–H and O–H groups in total. The quantitative estimate of drug-likeness (QED) is 0.566. The molecule has 1 fully saturated rings. The number of rotatable bonds is 5. The number of hydrogen-bond donors (Lipinski definition) is 3. The summed E-state index contributed by atoms with van der Waals surface area (Å²) in [6.45, 7) is 2.81. The molecule has 1 rings (SSSR count). The molecule has 0 spiro atoms. The number of hydrogen-bond acceptors (Lipinski definition) is 4. The molecule has 1 aliphatic rings. The first kappa shape index (κ1) is 11.4. The number of aliphatic hydroxyl groups excluding tert-OH is 1. The molecule has 0 aromatic rings. The van der Waals surface area contributed by atoms with Crippen LogP contribution in [0.15, 0.2) is 0 Å². The summed E-state index contributed by atoms with van der Waals surface area (Å²) in [6.07, 6.45) is 0.287. The van der Waals surface area contributed by atoms with E-state index in [-0.39, 0.29) is 12.2 Å². The smallest absolute Gasteiger partial charge is 0.332 e. The summed E-state index contributed by atoms with van der Waals surface area (Å²) in [7, 11) is 0. The van der Waals surface area contributed by atoms with Crippen LogP contribution in [0, 0.1) is 0 Å². The van der Waals surface area contributed by atoms with Crippen molar-refractivity contribution in [3.8, 4) is 0 Å². The largest absolute Gasteiger partial charge is 0.479 e. The van der Waals surface area contributed by atoms with E-state index in [1.165, 1.54) is 0 Å². The molecule has 82 valence electrons. The molecular weight excluding hydrogens is 186 g/mol. The van der Waals surface area contributed by atoms with Crippen LogP contribution in [-0.4, -0.2) is 47.6 Å². The summed E-state index contributed by atoms with van der Waals surface area (Å²) < 4.78 is 5.26. The number of nitrogens with one attached hydrogen (secondary N) is 1. The topological polar surface area (TPSA) is 78.8 Å². The Morgan fingerprint density at radius 1 is 1.64 bits per heavy atom. The van der Waals surface area contributed by atoms with Gasteiger partial charge < -0.3 is 20.3 Å². The van der Waals surface area contributed by atoms with Gasteiger partial charge in [-0.05, 0) is 19.8 Å². The van der Waals surface area contributed by atoms with Crippen molar-refractivity contribution in [3.63, 3.8) is 0 Å². The van der Waals surface area contributed by atoms with Crippen LogP contribution >= 0.6 is 0 Å². The van der Waals surface area contributed by atoms with E-state index in [9.17, 15) is 4.79 Å². The fourth-order valence-corrected chi connectivity index (χ4v) is 1.49. The highest BCUT2D eigenvalue weighted by molar-refractivity contribution is 5.72. The van der Waals surface area contributed by atoms with Gasteiger partial charge in [0.1, 0.15) is 0 Å². The van der Waals surface area contributed by atoms with Crippen LogP contribution in [0.1, 0.15) is 19.8 Å². The van der Waals surface area contributed by atoms with Crippen LogP contribution in [-0.2, 0) is 9.53 Å². The van der Waals surface area contributed by atoms with Gasteiger partial charge in [-0.15, -0.1) is 0 Å². The summed E-state index contributed by atoms with van der Waals surface area (Å²) in [5.41, 5.74) is 0. The summed E-state index contributed by atoms with van der Waals surface area (Å²) in [5, 5.41) is 20.6. The van der Waals surface area contributed by atoms with Gasteiger partial charge in [-0.1, -0.05) is 0 Å². The number of aliphatic carboxylic acids is 1. The van der Waals surface area contributed by atoms with Crippen LogP contribution in [0.4, 0.5) is 0 Å². The second-order valence-corrected chi connectivity index (χ2v) is 3.67. The van der Waals surface area contributed by atoms with E-state index in [1.54, 1.807) is 6.92 Å². The number of carbonyl (C=O) groups is 1. The van der Waals surface area contributed by atoms with Crippen LogP contribution in [0.25, 0.3) is 0 Å². The molecule has 1 saturated heterocycles. The minimum Gasteiger partial charge on any atom is -0.479 e. The van der Waals surface area contributed by atoms with E-state index in [4.69, 9.17) is 14.9 Å². The van der Waals surface area contributed by atoms with Gasteiger partial charge >= 0.3 is 5.97 Å². The van der Waals surface area contributed by atoms with Gasteiger partial charge in [-0.25, -0.2) is 4.79 Å². The molecule has 5 nitrogen and oxygen atoms in total. The monoisotopic (exact) mass is 203 g/mol. The lowest BCUT2D eigenvalue weighted by Crippen LogP contribution is -2.33. The third-order valence-corrected chi connectivity index (χ3v) is 2.19. The maximum absolute atomic E-state index is 10.5. The minimum absolute atomic E-state index is 0.0325. The summed E-state index contributed by atoms with van der Waals surface area (Å²) >= 11 is 0. The van der Waals surface area contributed by atoms with Gasteiger partial charge in [0, 0.05) is 13.1 Å². The standard InChI is InChI=1S/C9H17NO4/c1-6(11)4-10-5-7-2-3-8(14-7)9(12)13/h6-8,10-11H,2-5H2,1H3,(H,12,13). The average Bonchev–Trinajstić information content (AvgIpc) is 2.52. The van der Waals surface area contributed by atoms with Crippen molar-refractivity contribution in [2.75, 3.05) is 13.1 Å². The predicted octanol–water partition coefficient (Wildman–Crippen LogP) is -0.411. The van der Waals surface area contributed by atoms with E-state index >= 15 is 0 Å². The summed E-state index contributed by atoms with van der Waals surface area (Å²) in [6, 6.07) is 0. The molecule has 14 heavy (non-hydrogen) atoms. The Balaban J connectivity index is 2.13. The fourth-order valence-electron chi connectivity index (χ4n) is 1.49. The van der Waals surface area contributed by atoms with E-state index in [1.807, 2.05) is 0 Å². The van der Waals surface area contributed by atoms with Crippen molar-refractivity contribution >= 4 is 5.97 Å². The molecule has 0 aliphatic carbocycles. The highest BCUT2D eigenvalue weighted by Crippen LogP contribution is 2.18. The SMILES string of the molecule is CC(O)CNCC1CCC(C(=O)O)O1. The average molecular weight is 203 g/mol. The first-order valence-corrected chi connectivity index (χ1v) is 4.86. The summed E-state index contributed by atoms with van der Waals surface area (Å²) in [5.74, 6) is -0.886. The molecule has 1 heterocycles. The lowest BCUT2D eigenvalue weighted by molar-refractivity contribution is -0.149. The highest BCUT2D eigenvalue weighted by Gasteiger charge is 2.29. The van der Waals surface area contributed by atoms with Crippen LogP contribution in [0.3, 0.4) is 0 Å². The second-order valence-electron chi connectivity index (χ2n) is 3.67. The Morgan fingerprint density at radius 3 is 2.86 bits per heavy atom. The van der Waals surface area contributed by atoms with Gasteiger partial charge in [-0.3, -0.25) is 0 Å². The maximum Gasteiger partial charge on any atom is 0.332 e. The summed E-state index contributed by atoms with van der Waals surface area (Å²) in [4.78, 5) is 10.5. The Kier molecular flexibility index (Phi) is 4.31. The normalized spacial score (nSPS) is 29.0. The molecular formula is C9H17NO4. The van der Waals surface area contributed by atoms with Crippen molar-refractivity contribution in [1.29, 1.82) is 0 Å². The van der Waals surface area contributed by atoms with Gasteiger partial charge in [0.05, 0.1) is 12.2 Å². The molecule has 0 saturated carbocycles. The molecule has 1 aliphatic heterocycles. The highest BCUT2D eigenvalue weighted by atomic mass is 16.5.